The van der Waals surface area contributed by atoms with Crippen molar-refractivity contribution in [2.45, 2.75) is 13.0 Å². The van der Waals surface area contributed by atoms with Gasteiger partial charge in [0.1, 0.15) is 17.4 Å². The summed E-state index contributed by atoms with van der Waals surface area (Å²) in [5, 5.41) is 0. The second-order valence-electron chi connectivity index (χ2n) is 8.14. The fourth-order valence-electron chi connectivity index (χ4n) is 4.30. The van der Waals surface area contributed by atoms with Crippen LogP contribution in [-0.4, -0.2) is 48.5 Å². The lowest BCUT2D eigenvalue weighted by molar-refractivity contribution is -0.127. The Bertz CT molecular complexity index is 1140. The van der Waals surface area contributed by atoms with Gasteiger partial charge < -0.3 is 9.64 Å². The molecule has 0 spiro atoms. The third kappa shape index (κ3) is 5.51. The zero-order valence-corrected chi connectivity index (χ0v) is 19.2. The monoisotopic (exact) mass is 462 g/mol. The van der Waals surface area contributed by atoms with Gasteiger partial charge in [-0.15, -0.1) is 0 Å². The van der Waals surface area contributed by atoms with Gasteiger partial charge in [-0.05, 0) is 42.8 Å². The van der Waals surface area contributed by atoms with Crippen molar-refractivity contribution in [1.29, 1.82) is 0 Å². The van der Waals surface area contributed by atoms with Crippen LogP contribution in [0.15, 0.2) is 78.9 Å². The van der Waals surface area contributed by atoms with Crippen LogP contribution in [0.4, 0.5) is 8.78 Å². The van der Waals surface area contributed by atoms with Crippen LogP contribution in [0.5, 0.6) is 5.75 Å². The summed E-state index contributed by atoms with van der Waals surface area (Å²) in [6.45, 7) is 4.66. The van der Waals surface area contributed by atoms with Gasteiger partial charge in [-0.2, -0.15) is 0 Å². The standard InChI is InChI=1S/C28H28F2N2O2/c1-2-34-26-10-6-3-7-21(26)13-16-27(33)31-17-19-32(20-18-31)28(22-11-14-23(29)15-12-22)24-8-4-5-9-25(24)30/h3-16,28H,2,17-20H2,1H3. The Balaban J connectivity index is 1.47. The highest BCUT2D eigenvalue weighted by molar-refractivity contribution is 5.92. The molecule has 0 aliphatic carbocycles. The van der Waals surface area contributed by atoms with Crippen molar-refractivity contribution in [2.24, 2.45) is 0 Å². The summed E-state index contributed by atoms with van der Waals surface area (Å²) in [4.78, 5) is 16.8. The zero-order chi connectivity index (χ0) is 23.9. The molecule has 3 aromatic carbocycles. The van der Waals surface area contributed by atoms with Gasteiger partial charge in [0, 0.05) is 43.4 Å². The van der Waals surface area contributed by atoms with E-state index in [1.165, 1.54) is 18.2 Å². The molecule has 1 unspecified atom stereocenters. The lowest BCUT2D eigenvalue weighted by Gasteiger charge is -2.39. The molecule has 1 aliphatic rings. The number of rotatable bonds is 7. The summed E-state index contributed by atoms with van der Waals surface area (Å²) < 4.78 is 33.9. The lowest BCUT2D eigenvalue weighted by Crippen LogP contribution is -2.49. The van der Waals surface area contributed by atoms with Crippen LogP contribution in [0.2, 0.25) is 0 Å². The molecule has 0 aromatic heterocycles. The highest BCUT2D eigenvalue weighted by Gasteiger charge is 2.29. The summed E-state index contributed by atoms with van der Waals surface area (Å²) >= 11 is 0. The van der Waals surface area contributed by atoms with Crippen molar-refractivity contribution < 1.29 is 18.3 Å². The normalized spacial score (nSPS) is 15.4. The van der Waals surface area contributed by atoms with E-state index in [4.69, 9.17) is 4.74 Å². The number of ether oxygens (including phenoxy) is 1. The Kier molecular flexibility index (Phi) is 7.70. The van der Waals surface area contributed by atoms with Gasteiger partial charge in [-0.25, -0.2) is 8.78 Å². The van der Waals surface area contributed by atoms with Gasteiger partial charge in [-0.1, -0.05) is 48.5 Å². The average Bonchev–Trinajstić information content (AvgIpc) is 2.86. The summed E-state index contributed by atoms with van der Waals surface area (Å²) in [6.07, 6.45) is 3.35. The van der Waals surface area contributed by atoms with Gasteiger partial charge in [0.25, 0.3) is 0 Å². The van der Waals surface area contributed by atoms with Crippen LogP contribution in [-0.2, 0) is 4.79 Å². The summed E-state index contributed by atoms with van der Waals surface area (Å²) in [5.41, 5.74) is 2.22. The van der Waals surface area contributed by atoms with Crippen LogP contribution in [0.1, 0.15) is 29.7 Å². The maximum atomic E-state index is 14.7. The Hall–Kier alpha value is -3.51. The first-order valence-corrected chi connectivity index (χ1v) is 11.5. The van der Waals surface area contributed by atoms with Gasteiger partial charge in [0.15, 0.2) is 0 Å². The summed E-state index contributed by atoms with van der Waals surface area (Å²) in [7, 11) is 0. The number of para-hydroxylation sites is 1. The van der Waals surface area contributed by atoms with E-state index in [1.807, 2.05) is 31.2 Å². The van der Waals surface area contributed by atoms with Crippen molar-refractivity contribution in [1.82, 2.24) is 9.80 Å². The summed E-state index contributed by atoms with van der Waals surface area (Å²) in [6, 6.07) is 20.1. The Morgan fingerprint density at radius 3 is 2.32 bits per heavy atom. The molecule has 1 saturated heterocycles. The third-order valence-corrected chi connectivity index (χ3v) is 6.00. The molecule has 1 aliphatic heterocycles. The predicted octanol–water partition coefficient (Wildman–Crippen LogP) is 5.31. The number of piperazine rings is 1. The highest BCUT2D eigenvalue weighted by Crippen LogP contribution is 2.31. The van der Waals surface area contributed by atoms with Gasteiger partial charge in [0.05, 0.1) is 12.6 Å². The van der Waals surface area contributed by atoms with Gasteiger partial charge >= 0.3 is 0 Å². The topological polar surface area (TPSA) is 32.8 Å². The molecule has 0 N–H and O–H groups in total. The molecule has 3 aromatic rings. The Labute approximate surface area is 199 Å². The molecule has 4 nitrogen and oxygen atoms in total. The smallest absolute Gasteiger partial charge is 0.246 e. The maximum absolute atomic E-state index is 14.7. The van der Waals surface area contributed by atoms with Crippen molar-refractivity contribution in [3.05, 3.63) is 107 Å². The van der Waals surface area contributed by atoms with Crippen LogP contribution in [0, 0.1) is 11.6 Å². The van der Waals surface area contributed by atoms with Crippen molar-refractivity contribution >= 4 is 12.0 Å². The van der Waals surface area contributed by atoms with Crippen molar-refractivity contribution in [2.75, 3.05) is 32.8 Å². The van der Waals surface area contributed by atoms with Crippen molar-refractivity contribution in [3.8, 4) is 5.75 Å². The second kappa shape index (κ2) is 11.1. The van der Waals surface area contributed by atoms with E-state index in [1.54, 1.807) is 47.4 Å². The molecule has 1 atom stereocenters. The number of hydrogen-bond donors (Lipinski definition) is 0. The van der Waals surface area contributed by atoms with Crippen LogP contribution < -0.4 is 4.74 Å². The molecule has 0 radical (unpaired) electrons. The van der Waals surface area contributed by atoms with Crippen molar-refractivity contribution in [3.63, 3.8) is 0 Å². The van der Waals surface area contributed by atoms with Gasteiger partial charge in [0.2, 0.25) is 5.91 Å². The average molecular weight is 463 g/mol. The van der Waals surface area contributed by atoms with E-state index < -0.39 is 0 Å². The first-order chi connectivity index (χ1) is 16.6. The molecular weight excluding hydrogens is 434 g/mol. The fraction of sp³-hybridized carbons (Fsp3) is 0.250. The minimum Gasteiger partial charge on any atom is -0.493 e. The molecule has 0 saturated carbocycles. The minimum absolute atomic E-state index is 0.0739. The van der Waals surface area contributed by atoms with Crippen LogP contribution in [0.25, 0.3) is 6.08 Å². The maximum Gasteiger partial charge on any atom is 0.246 e. The molecule has 4 rings (SSSR count). The molecular formula is C28H28F2N2O2. The number of benzene rings is 3. The Morgan fingerprint density at radius 1 is 0.941 bits per heavy atom. The first kappa shape index (κ1) is 23.6. The predicted molar refractivity (Wildman–Crippen MR) is 129 cm³/mol. The molecule has 1 fully saturated rings. The molecule has 34 heavy (non-hydrogen) atoms. The minimum atomic E-state index is -0.354. The number of halogens is 2. The van der Waals surface area contributed by atoms with Gasteiger partial charge in [-0.3, -0.25) is 9.69 Å². The molecule has 6 heteroatoms. The zero-order valence-electron chi connectivity index (χ0n) is 19.2. The number of hydrogen-bond acceptors (Lipinski definition) is 3. The van der Waals surface area contributed by atoms with E-state index in [2.05, 4.69) is 4.90 Å². The van der Waals surface area contributed by atoms with Crippen LogP contribution in [0.3, 0.4) is 0 Å². The SMILES string of the molecule is CCOc1ccccc1C=CC(=O)N1CCN(C(c2ccc(F)cc2)c2ccccc2F)CC1. The second-order valence-corrected chi connectivity index (χ2v) is 8.14. The first-order valence-electron chi connectivity index (χ1n) is 11.5. The molecule has 1 heterocycles. The molecule has 1 amide bonds. The van der Waals surface area contributed by atoms with Crippen LogP contribution >= 0.6 is 0 Å². The number of carbonyl (C=O) groups excluding carboxylic acids is 1. The van der Waals surface area contributed by atoms with E-state index in [9.17, 15) is 13.6 Å². The molecule has 0 bridgehead atoms. The summed E-state index contributed by atoms with van der Waals surface area (Å²) in [5.74, 6) is 0.0384. The number of carbonyl (C=O) groups is 1. The molecule has 176 valence electrons. The highest BCUT2D eigenvalue weighted by atomic mass is 19.1. The quantitative estimate of drug-likeness (QED) is 0.446. The largest absolute Gasteiger partial charge is 0.493 e. The van der Waals surface area contributed by atoms with E-state index in [0.29, 0.717) is 38.3 Å². The third-order valence-electron chi connectivity index (χ3n) is 6.00. The lowest BCUT2D eigenvalue weighted by atomic mass is 9.96. The number of amides is 1. The fourth-order valence-corrected chi connectivity index (χ4v) is 4.30. The van der Waals surface area contributed by atoms with E-state index in [-0.39, 0.29) is 23.6 Å². The number of nitrogens with zero attached hydrogens (tertiary/aromatic N) is 2. The Morgan fingerprint density at radius 2 is 1.62 bits per heavy atom. The van der Waals surface area contributed by atoms with E-state index in [0.717, 1.165) is 16.9 Å². The van der Waals surface area contributed by atoms with E-state index >= 15 is 0 Å².